The maximum atomic E-state index is 13.0. The topological polar surface area (TPSA) is 132 Å². The first-order valence-corrected chi connectivity index (χ1v) is 14.8. The Morgan fingerprint density at radius 2 is 1.65 bits per heavy atom. The highest BCUT2D eigenvalue weighted by atomic mass is 16.6. The zero-order valence-electron chi connectivity index (χ0n) is 25.7. The summed E-state index contributed by atoms with van der Waals surface area (Å²) in [4.78, 5) is 55.6. The minimum atomic E-state index is -0.566. The number of pyridine rings is 4. The van der Waals surface area contributed by atoms with E-state index in [2.05, 4.69) is 25.2 Å². The standard InChI is InChI=1S/C34H33N7O5/c1-34(2,3)46-33(44)40-18-16-39(17-19-40)30-20-26-27(22-37-30)35-14-13-28(26)45-24-11-12-29(36-21-24)38-31(42)25-10-7-15-41(32(25)43)23-8-5-4-6-9-23/h4-15,20-22H,16-19H2,1-3H3,(H,36,38,42). The van der Waals surface area contributed by atoms with Gasteiger partial charge in [-0.25, -0.2) is 14.8 Å². The van der Waals surface area contributed by atoms with E-state index in [0.29, 0.717) is 48.9 Å². The summed E-state index contributed by atoms with van der Waals surface area (Å²) < 4.78 is 13.1. The molecule has 1 aliphatic rings. The smallest absolute Gasteiger partial charge is 0.410 e. The normalized spacial score (nSPS) is 13.4. The van der Waals surface area contributed by atoms with E-state index < -0.39 is 17.1 Å². The van der Waals surface area contributed by atoms with Crippen molar-refractivity contribution in [1.29, 1.82) is 0 Å². The molecule has 0 atom stereocenters. The molecule has 46 heavy (non-hydrogen) atoms. The molecule has 2 amide bonds. The summed E-state index contributed by atoms with van der Waals surface area (Å²) in [5, 5.41) is 3.45. The van der Waals surface area contributed by atoms with Crippen LogP contribution in [0.3, 0.4) is 0 Å². The summed E-state index contributed by atoms with van der Waals surface area (Å²) in [6.45, 7) is 7.82. The lowest BCUT2D eigenvalue weighted by Crippen LogP contribution is -2.50. The van der Waals surface area contributed by atoms with Crippen molar-refractivity contribution in [3.8, 4) is 17.2 Å². The number of nitrogens with zero attached hydrogens (tertiary/aromatic N) is 6. The van der Waals surface area contributed by atoms with Crippen molar-refractivity contribution in [1.82, 2.24) is 24.4 Å². The first-order valence-electron chi connectivity index (χ1n) is 14.8. The van der Waals surface area contributed by atoms with Crippen LogP contribution in [0.1, 0.15) is 31.1 Å². The van der Waals surface area contributed by atoms with Crippen LogP contribution in [0.5, 0.6) is 11.5 Å². The maximum Gasteiger partial charge on any atom is 0.410 e. The minimum Gasteiger partial charge on any atom is -0.455 e. The van der Waals surface area contributed by atoms with Crippen LogP contribution in [0.4, 0.5) is 16.4 Å². The summed E-state index contributed by atoms with van der Waals surface area (Å²) in [5.74, 6) is 1.45. The molecule has 1 aromatic carbocycles. The quantitative estimate of drug-likeness (QED) is 0.270. The molecule has 0 spiro atoms. The van der Waals surface area contributed by atoms with Crippen molar-refractivity contribution < 1.29 is 19.1 Å². The van der Waals surface area contributed by atoms with E-state index in [9.17, 15) is 14.4 Å². The average Bonchev–Trinajstić information content (AvgIpc) is 3.05. The van der Waals surface area contributed by atoms with E-state index in [1.54, 1.807) is 59.9 Å². The Balaban J connectivity index is 1.13. The van der Waals surface area contributed by atoms with Crippen LogP contribution >= 0.6 is 0 Å². The highest BCUT2D eigenvalue weighted by Crippen LogP contribution is 2.31. The van der Waals surface area contributed by atoms with Gasteiger partial charge in [0.05, 0.1) is 17.9 Å². The fourth-order valence-electron chi connectivity index (χ4n) is 5.00. The first-order chi connectivity index (χ1) is 22.1. The number of carbonyl (C=O) groups is 2. The van der Waals surface area contributed by atoms with Gasteiger partial charge in [-0.2, -0.15) is 0 Å². The number of para-hydroxylation sites is 1. The average molecular weight is 620 g/mol. The second-order valence-corrected chi connectivity index (χ2v) is 11.7. The van der Waals surface area contributed by atoms with Crippen LogP contribution in [0.2, 0.25) is 0 Å². The second kappa shape index (κ2) is 12.7. The maximum absolute atomic E-state index is 13.0. The van der Waals surface area contributed by atoms with Crippen molar-refractivity contribution in [2.75, 3.05) is 36.4 Å². The molecule has 12 heteroatoms. The van der Waals surface area contributed by atoms with Crippen LogP contribution in [-0.4, -0.2) is 68.2 Å². The molecule has 0 unspecified atom stereocenters. The number of aromatic nitrogens is 4. The molecule has 5 aromatic rings. The van der Waals surface area contributed by atoms with Crippen LogP contribution in [0, 0.1) is 0 Å². The van der Waals surface area contributed by atoms with Gasteiger partial charge in [-0.3, -0.25) is 19.1 Å². The molecule has 1 aliphatic heterocycles. The van der Waals surface area contributed by atoms with Gasteiger partial charge in [0.2, 0.25) is 0 Å². The van der Waals surface area contributed by atoms with Gasteiger partial charge in [-0.15, -0.1) is 0 Å². The van der Waals surface area contributed by atoms with Crippen molar-refractivity contribution in [2.45, 2.75) is 26.4 Å². The largest absolute Gasteiger partial charge is 0.455 e. The Morgan fingerprint density at radius 3 is 2.37 bits per heavy atom. The fraction of sp³-hybridized carbons (Fsp3) is 0.235. The van der Waals surface area contributed by atoms with E-state index in [0.717, 1.165) is 11.2 Å². The summed E-state index contributed by atoms with van der Waals surface area (Å²) >= 11 is 0. The summed E-state index contributed by atoms with van der Waals surface area (Å²) in [6.07, 6.45) is 6.14. The number of hydrogen-bond acceptors (Lipinski definition) is 9. The number of carbonyl (C=O) groups excluding carboxylic acids is 2. The van der Waals surface area contributed by atoms with E-state index in [4.69, 9.17) is 9.47 Å². The lowest BCUT2D eigenvalue weighted by molar-refractivity contribution is 0.0240. The van der Waals surface area contributed by atoms with Gasteiger partial charge in [0.15, 0.2) is 0 Å². The highest BCUT2D eigenvalue weighted by molar-refractivity contribution is 6.03. The van der Waals surface area contributed by atoms with Gasteiger partial charge in [0, 0.05) is 49.6 Å². The van der Waals surface area contributed by atoms with Gasteiger partial charge in [-0.1, -0.05) is 18.2 Å². The predicted octanol–water partition coefficient (Wildman–Crippen LogP) is 5.28. The Bertz CT molecular complexity index is 1930. The molecular weight excluding hydrogens is 586 g/mol. The molecule has 1 fully saturated rings. The molecule has 234 valence electrons. The minimum absolute atomic E-state index is 0.00703. The number of rotatable bonds is 6. The summed E-state index contributed by atoms with van der Waals surface area (Å²) in [7, 11) is 0. The third-order valence-electron chi connectivity index (χ3n) is 7.26. The zero-order chi connectivity index (χ0) is 32.3. The number of nitrogens with one attached hydrogen (secondary N) is 1. The third kappa shape index (κ3) is 6.80. The molecule has 1 saturated heterocycles. The zero-order valence-corrected chi connectivity index (χ0v) is 25.7. The van der Waals surface area contributed by atoms with Gasteiger partial charge < -0.3 is 24.6 Å². The van der Waals surface area contributed by atoms with Crippen molar-refractivity contribution in [2.24, 2.45) is 0 Å². The third-order valence-corrected chi connectivity index (χ3v) is 7.26. The van der Waals surface area contributed by atoms with E-state index in [-0.39, 0.29) is 17.5 Å². The molecule has 6 rings (SSSR count). The van der Waals surface area contributed by atoms with E-state index in [1.165, 1.54) is 16.8 Å². The molecular formula is C34H33N7O5. The molecule has 0 radical (unpaired) electrons. The first kappa shape index (κ1) is 30.3. The number of amides is 2. The van der Waals surface area contributed by atoms with E-state index in [1.807, 2.05) is 45.0 Å². The molecule has 5 heterocycles. The molecule has 12 nitrogen and oxygen atoms in total. The van der Waals surface area contributed by atoms with Crippen molar-refractivity contribution in [3.63, 3.8) is 0 Å². The number of hydrogen-bond donors (Lipinski definition) is 1. The number of anilines is 2. The van der Waals surface area contributed by atoms with Gasteiger partial charge in [0.25, 0.3) is 11.5 Å². The number of ether oxygens (including phenoxy) is 2. The monoisotopic (exact) mass is 619 g/mol. The van der Waals surface area contributed by atoms with Crippen molar-refractivity contribution in [3.05, 3.63) is 107 Å². The number of fused-ring (bicyclic) bond motifs is 1. The molecule has 4 aromatic heterocycles. The fourth-order valence-corrected chi connectivity index (χ4v) is 5.00. The Hall–Kier alpha value is -5.78. The van der Waals surface area contributed by atoms with E-state index >= 15 is 0 Å². The Morgan fingerprint density at radius 1 is 0.870 bits per heavy atom. The Labute approximate surface area is 265 Å². The number of piperazine rings is 1. The predicted molar refractivity (Wildman–Crippen MR) is 174 cm³/mol. The highest BCUT2D eigenvalue weighted by Gasteiger charge is 2.26. The SMILES string of the molecule is CC(C)(C)OC(=O)N1CCN(c2cc3c(Oc4ccc(NC(=O)c5cccn(-c6ccccc6)c5=O)nc4)ccnc3cn2)CC1. The van der Waals surface area contributed by atoms with Gasteiger partial charge in [-0.05, 0) is 69.3 Å². The lowest BCUT2D eigenvalue weighted by Gasteiger charge is -2.36. The Kier molecular flexibility index (Phi) is 8.34. The van der Waals surface area contributed by atoms with Gasteiger partial charge >= 0.3 is 6.09 Å². The van der Waals surface area contributed by atoms with Crippen molar-refractivity contribution >= 4 is 34.5 Å². The van der Waals surface area contributed by atoms with Crippen LogP contribution < -0.4 is 20.5 Å². The molecule has 0 saturated carbocycles. The second-order valence-electron chi connectivity index (χ2n) is 11.7. The molecule has 1 N–H and O–H groups in total. The van der Waals surface area contributed by atoms with Gasteiger partial charge in [0.1, 0.15) is 34.3 Å². The summed E-state index contributed by atoms with van der Waals surface area (Å²) in [6, 6.07) is 19.2. The van der Waals surface area contributed by atoms with Crippen LogP contribution in [0.15, 0.2) is 96.3 Å². The summed E-state index contributed by atoms with van der Waals surface area (Å²) in [5.41, 5.74) is 0.336. The lowest BCUT2D eigenvalue weighted by atomic mass is 10.2. The molecule has 0 bridgehead atoms. The van der Waals surface area contributed by atoms with Crippen LogP contribution in [-0.2, 0) is 4.74 Å². The number of benzene rings is 1. The molecule has 0 aliphatic carbocycles. The van der Waals surface area contributed by atoms with Crippen LogP contribution in [0.25, 0.3) is 16.6 Å².